The standard InChI is InChI=1S/C18H17F2NO5S/c1-24-13-6-8-15(9-7-13)27-11-17(23)25-10-16(22)21-12-2-4-14(5-3-12)26-18(19)20/h2-9,18H,10-11H2,1H3,(H,21,22). The van der Waals surface area contributed by atoms with Gasteiger partial charge in [-0.1, -0.05) is 0 Å². The molecule has 0 aliphatic rings. The first kappa shape index (κ1) is 20.5. The highest BCUT2D eigenvalue weighted by Gasteiger charge is 2.10. The smallest absolute Gasteiger partial charge is 0.387 e. The molecule has 0 spiro atoms. The van der Waals surface area contributed by atoms with Gasteiger partial charge in [-0.3, -0.25) is 9.59 Å². The molecule has 144 valence electrons. The molecule has 0 fully saturated rings. The number of esters is 1. The van der Waals surface area contributed by atoms with Crippen molar-refractivity contribution in [3.05, 3.63) is 48.5 Å². The fourth-order valence-corrected chi connectivity index (χ4v) is 2.62. The van der Waals surface area contributed by atoms with Crippen LogP contribution in [0.5, 0.6) is 11.5 Å². The third-order valence-electron chi connectivity index (χ3n) is 3.14. The molecule has 2 rings (SSSR count). The molecule has 0 atom stereocenters. The maximum absolute atomic E-state index is 12.1. The number of carbonyl (C=O) groups excluding carboxylic acids is 2. The van der Waals surface area contributed by atoms with Gasteiger partial charge in [0.1, 0.15) is 11.5 Å². The number of amides is 1. The van der Waals surface area contributed by atoms with Crippen LogP contribution < -0.4 is 14.8 Å². The van der Waals surface area contributed by atoms with Crippen molar-refractivity contribution in [2.24, 2.45) is 0 Å². The molecule has 0 aliphatic heterocycles. The van der Waals surface area contributed by atoms with Crippen molar-refractivity contribution in [2.45, 2.75) is 11.5 Å². The van der Waals surface area contributed by atoms with E-state index in [0.29, 0.717) is 11.4 Å². The lowest BCUT2D eigenvalue weighted by atomic mass is 10.3. The number of ether oxygens (including phenoxy) is 3. The van der Waals surface area contributed by atoms with Gasteiger partial charge in [0.15, 0.2) is 6.61 Å². The number of hydrogen-bond acceptors (Lipinski definition) is 6. The minimum absolute atomic E-state index is 0.0232. The van der Waals surface area contributed by atoms with E-state index in [1.807, 2.05) is 12.1 Å². The Labute approximate surface area is 158 Å². The minimum atomic E-state index is -2.92. The summed E-state index contributed by atoms with van der Waals surface area (Å²) in [7, 11) is 1.57. The van der Waals surface area contributed by atoms with Gasteiger partial charge in [-0.25, -0.2) is 0 Å². The number of carbonyl (C=O) groups is 2. The lowest BCUT2D eigenvalue weighted by molar-refractivity contribution is -0.144. The fourth-order valence-electron chi connectivity index (χ4n) is 1.92. The second-order valence-corrected chi connectivity index (χ2v) is 6.12. The van der Waals surface area contributed by atoms with Gasteiger partial charge in [0.25, 0.3) is 5.91 Å². The zero-order chi connectivity index (χ0) is 19.6. The largest absolute Gasteiger partial charge is 0.497 e. The Morgan fingerprint density at radius 1 is 1.04 bits per heavy atom. The van der Waals surface area contributed by atoms with Gasteiger partial charge in [0.05, 0.1) is 12.9 Å². The van der Waals surface area contributed by atoms with Crippen LogP contribution in [0.25, 0.3) is 0 Å². The lowest BCUT2D eigenvalue weighted by Gasteiger charge is -2.08. The molecule has 0 aliphatic carbocycles. The molecular weight excluding hydrogens is 380 g/mol. The van der Waals surface area contributed by atoms with Crippen LogP contribution in [0.1, 0.15) is 0 Å². The normalized spacial score (nSPS) is 10.4. The second kappa shape index (κ2) is 10.4. The second-order valence-electron chi connectivity index (χ2n) is 5.08. The number of rotatable bonds is 9. The van der Waals surface area contributed by atoms with Crippen molar-refractivity contribution in [2.75, 3.05) is 24.8 Å². The first-order valence-corrected chi connectivity index (χ1v) is 8.72. The molecule has 6 nitrogen and oxygen atoms in total. The lowest BCUT2D eigenvalue weighted by Crippen LogP contribution is -2.21. The molecule has 0 saturated heterocycles. The Hall–Kier alpha value is -2.81. The molecule has 0 heterocycles. The highest BCUT2D eigenvalue weighted by Crippen LogP contribution is 2.21. The van der Waals surface area contributed by atoms with Gasteiger partial charge in [0.2, 0.25) is 0 Å². The highest BCUT2D eigenvalue weighted by atomic mass is 32.2. The first-order valence-electron chi connectivity index (χ1n) is 7.73. The molecule has 0 bridgehead atoms. The summed E-state index contributed by atoms with van der Waals surface area (Å²) in [6.45, 7) is -3.36. The number of alkyl halides is 2. The summed E-state index contributed by atoms with van der Waals surface area (Å²) in [5, 5.41) is 2.48. The van der Waals surface area contributed by atoms with Crippen molar-refractivity contribution in [1.29, 1.82) is 0 Å². The average Bonchev–Trinajstić information content (AvgIpc) is 2.66. The Bertz CT molecular complexity index is 753. The predicted octanol–water partition coefficient (Wildman–Crippen LogP) is 3.57. The topological polar surface area (TPSA) is 73.9 Å². The van der Waals surface area contributed by atoms with Crippen molar-refractivity contribution in [3.8, 4) is 11.5 Å². The van der Waals surface area contributed by atoms with Crippen LogP contribution in [0.3, 0.4) is 0 Å². The first-order chi connectivity index (χ1) is 13.0. The van der Waals surface area contributed by atoms with Crippen molar-refractivity contribution in [3.63, 3.8) is 0 Å². The third-order valence-corrected chi connectivity index (χ3v) is 4.13. The fraction of sp³-hybridized carbons (Fsp3) is 0.222. The molecule has 9 heteroatoms. The molecule has 0 radical (unpaired) electrons. The number of methoxy groups -OCH3 is 1. The van der Waals surface area contributed by atoms with E-state index in [1.165, 1.54) is 36.0 Å². The van der Waals surface area contributed by atoms with Crippen LogP contribution in [0.2, 0.25) is 0 Å². The number of thioether (sulfide) groups is 1. The van der Waals surface area contributed by atoms with Gasteiger partial charge in [-0.2, -0.15) is 8.78 Å². The van der Waals surface area contributed by atoms with Gasteiger partial charge < -0.3 is 19.5 Å². The van der Waals surface area contributed by atoms with Crippen LogP contribution in [0.15, 0.2) is 53.4 Å². The quantitative estimate of drug-likeness (QED) is 0.515. The van der Waals surface area contributed by atoms with Crippen LogP contribution >= 0.6 is 11.8 Å². The van der Waals surface area contributed by atoms with Crippen LogP contribution in [0, 0.1) is 0 Å². The number of anilines is 1. The summed E-state index contributed by atoms with van der Waals surface area (Å²) in [6, 6.07) is 12.6. The monoisotopic (exact) mass is 397 g/mol. The van der Waals surface area contributed by atoms with E-state index >= 15 is 0 Å². The van der Waals surface area contributed by atoms with Gasteiger partial charge in [-0.15, -0.1) is 11.8 Å². The molecule has 0 unspecified atom stereocenters. The molecule has 1 amide bonds. The molecule has 1 N–H and O–H groups in total. The highest BCUT2D eigenvalue weighted by molar-refractivity contribution is 8.00. The van der Waals surface area contributed by atoms with E-state index in [2.05, 4.69) is 10.1 Å². The van der Waals surface area contributed by atoms with E-state index < -0.39 is 25.1 Å². The van der Waals surface area contributed by atoms with E-state index in [-0.39, 0.29) is 11.5 Å². The Balaban J connectivity index is 1.70. The van der Waals surface area contributed by atoms with Crippen molar-refractivity contribution >= 4 is 29.3 Å². The molecule has 2 aromatic carbocycles. The molecule has 0 aromatic heterocycles. The van der Waals surface area contributed by atoms with E-state index in [1.54, 1.807) is 19.2 Å². The Morgan fingerprint density at radius 3 is 2.26 bits per heavy atom. The van der Waals surface area contributed by atoms with E-state index in [9.17, 15) is 18.4 Å². The molecule has 0 saturated carbocycles. The van der Waals surface area contributed by atoms with Crippen molar-refractivity contribution in [1.82, 2.24) is 0 Å². The van der Waals surface area contributed by atoms with Gasteiger partial charge in [-0.05, 0) is 48.5 Å². The third kappa shape index (κ3) is 7.53. The number of benzene rings is 2. The van der Waals surface area contributed by atoms with Crippen LogP contribution in [0.4, 0.5) is 14.5 Å². The number of nitrogens with one attached hydrogen (secondary N) is 1. The zero-order valence-corrected chi connectivity index (χ0v) is 15.1. The average molecular weight is 397 g/mol. The Kier molecular flexibility index (Phi) is 7.87. The molecule has 27 heavy (non-hydrogen) atoms. The minimum Gasteiger partial charge on any atom is -0.497 e. The molecule has 2 aromatic rings. The number of halogens is 2. The zero-order valence-electron chi connectivity index (χ0n) is 14.3. The van der Waals surface area contributed by atoms with Crippen LogP contribution in [-0.2, 0) is 14.3 Å². The maximum atomic E-state index is 12.1. The summed E-state index contributed by atoms with van der Waals surface area (Å²) in [4.78, 5) is 24.3. The maximum Gasteiger partial charge on any atom is 0.387 e. The van der Waals surface area contributed by atoms with E-state index in [0.717, 1.165) is 4.90 Å². The van der Waals surface area contributed by atoms with E-state index in [4.69, 9.17) is 9.47 Å². The van der Waals surface area contributed by atoms with Gasteiger partial charge in [0, 0.05) is 10.6 Å². The number of hydrogen-bond donors (Lipinski definition) is 1. The Morgan fingerprint density at radius 2 is 1.67 bits per heavy atom. The summed E-state index contributed by atoms with van der Waals surface area (Å²) >= 11 is 1.27. The summed E-state index contributed by atoms with van der Waals surface area (Å²) in [6.07, 6.45) is 0. The summed E-state index contributed by atoms with van der Waals surface area (Å²) in [5.74, 6) is -0.330. The predicted molar refractivity (Wildman–Crippen MR) is 96.4 cm³/mol. The van der Waals surface area contributed by atoms with Gasteiger partial charge >= 0.3 is 12.6 Å². The molecular formula is C18H17F2NO5S. The van der Waals surface area contributed by atoms with Crippen LogP contribution in [-0.4, -0.2) is 38.0 Å². The summed E-state index contributed by atoms with van der Waals surface area (Å²) in [5.41, 5.74) is 0.366. The SMILES string of the molecule is COc1ccc(SCC(=O)OCC(=O)Nc2ccc(OC(F)F)cc2)cc1. The van der Waals surface area contributed by atoms with Crippen molar-refractivity contribution < 1.29 is 32.6 Å². The summed E-state index contributed by atoms with van der Waals surface area (Å²) < 4.78 is 38.3.